The molecule has 0 unspecified atom stereocenters. The lowest BCUT2D eigenvalue weighted by molar-refractivity contribution is -0.118. The fourth-order valence-corrected chi connectivity index (χ4v) is 1.89. The monoisotopic (exact) mass is 276 g/mol. The van der Waals surface area contributed by atoms with Gasteiger partial charge in [0.25, 0.3) is 0 Å². The molecular weight excluding hydrogens is 256 g/mol. The van der Waals surface area contributed by atoms with Crippen LogP contribution in [0.1, 0.15) is 27.2 Å². The molecule has 5 nitrogen and oxygen atoms in total. The summed E-state index contributed by atoms with van der Waals surface area (Å²) in [5.74, 6) is 0.0831. The molecule has 0 aromatic heterocycles. The molecule has 0 spiro atoms. The molecule has 1 rings (SSSR count). The van der Waals surface area contributed by atoms with Gasteiger partial charge in [0, 0.05) is 19.6 Å². The van der Waals surface area contributed by atoms with E-state index < -0.39 is 5.60 Å². The van der Waals surface area contributed by atoms with E-state index >= 15 is 0 Å². The molecule has 1 fully saturated rings. The topological polar surface area (TPSA) is 58.6 Å². The van der Waals surface area contributed by atoms with Crippen LogP contribution in [0, 0.1) is 5.92 Å². The van der Waals surface area contributed by atoms with Gasteiger partial charge >= 0.3 is 6.09 Å². The number of nitrogens with zero attached hydrogens (tertiary/aromatic N) is 1. The van der Waals surface area contributed by atoms with Gasteiger partial charge in [0.2, 0.25) is 5.91 Å². The van der Waals surface area contributed by atoms with Crippen LogP contribution in [0.4, 0.5) is 4.79 Å². The molecule has 1 aliphatic rings. The first-order valence-corrected chi connectivity index (χ1v) is 6.66. The number of amides is 2. The Morgan fingerprint density at radius 2 is 2.11 bits per heavy atom. The zero-order valence-electron chi connectivity index (χ0n) is 11.2. The molecule has 0 aromatic rings. The van der Waals surface area contributed by atoms with E-state index in [9.17, 15) is 9.59 Å². The van der Waals surface area contributed by atoms with E-state index in [4.69, 9.17) is 16.3 Å². The highest BCUT2D eigenvalue weighted by molar-refractivity contribution is 6.27. The summed E-state index contributed by atoms with van der Waals surface area (Å²) in [6, 6.07) is 0. The molecule has 2 amide bonds. The molecular formula is C12H21ClN2O3. The molecule has 1 saturated heterocycles. The van der Waals surface area contributed by atoms with Crippen molar-refractivity contribution >= 4 is 23.6 Å². The molecule has 1 N–H and O–H groups in total. The molecule has 104 valence electrons. The minimum absolute atomic E-state index is 0.0253. The summed E-state index contributed by atoms with van der Waals surface area (Å²) < 4.78 is 5.30. The largest absolute Gasteiger partial charge is 0.444 e. The van der Waals surface area contributed by atoms with E-state index in [-0.39, 0.29) is 23.8 Å². The van der Waals surface area contributed by atoms with Crippen LogP contribution < -0.4 is 5.32 Å². The van der Waals surface area contributed by atoms with E-state index in [1.165, 1.54) is 0 Å². The van der Waals surface area contributed by atoms with Crippen molar-refractivity contribution in [1.82, 2.24) is 10.2 Å². The summed E-state index contributed by atoms with van der Waals surface area (Å²) in [6.45, 7) is 7.40. The van der Waals surface area contributed by atoms with Crippen molar-refractivity contribution in [2.24, 2.45) is 5.92 Å². The number of alkyl halides is 1. The first kappa shape index (κ1) is 15.1. The van der Waals surface area contributed by atoms with Crippen LogP contribution >= 0.6 is 11.6 Å². The molecule has 0 aliphatic carbocycles. The van der Waals surface area contributed by atoms with Crippen LogP contribution in [0.15, 0.2) is 0 Å². The van der Waals surface area contributed by atoms with Gasteiger partial charge in [-0.25, -0.2) is 4.79 Å². The molecule has 1 heterocycles. The minimum Gasteiger partial charge on any atom is -0.444 e. The molecule has 0 radical (unpaired) electrons. The number of ether oxygens (including phenoxy) is 1. The number of carbonyl (C=O) groups excluding carboxylic acids is 2. The summed E-state index contributed by atoms with van der Waals surface area (Å²) in [7, 11) is 0. The Bertz CT molecular complexity index is 315. The van der Waals surface area contributed by atoms with Gasteiger partial charge in [-0.3, -0.25) is 4.79 Å². The van der Waals surface area contributed by atoms with Gasteiger partial charge in [-0.15, -0.1) is 11.6 Å². The maximum Gasteiger partial charge on any atom is 0.410 e. The van der Waals surface area contributed by atoms with Crippen molar-refractivity contribution in [2.75, 3.05) is 25.5 Å². The third-order valence-corrected chi connectivity index (χ3v) is 2.89. The second-order valence-corrected chi connectivity index (χ2v) is 5.79. The Morgan fingerprint density at radius 1 is 1.44 bits per heavy atom. The predicted octanol–water partition coefficient (Wildman–Crippen LogP) is 1.60. The van der Waals surface area contributed by atoms with Crippen molar-refractivity contribution in [1.29, 1.82) is 0 Å². The number of nitrogens with one attached hydrogen (secondary N) is 1. The molecule has 0 saturated carbocycles. The number of hydrogen-bond acceptors (Lipinski definition) is 3. The van der Waals surface area contributed by atoms with Crippen molar-refractivity contribution in [2.45, 2.75) is 32.8 Å². The fourth-order valence-electron chi connectivity index (χ4n) is 1.80. The number of halogens is 1. The maximum absolute atomic E-state index is 11.8. The summed E-state index contributed by atoms with van der Waals surface area (Å²) in [6.07, 6.45) is 0.593. The van der Waals surface area contributed by atoms with E-state index in [1.807, 2.05) is 20.8 Å². The second-order valence-electron chi connectivity index (χ2n) is 5.52. The lowest BCUT2D eigenvalue weighted by atomic mass is 10.1. The molecule has 1 atom stereocenters. The van der Waals surface area contributed by atoms with Crippen LogP contribution in [0.3, 0.4) is 0 Å². The van der Waals surface area contributed by atoms with Gasteiger partial charge in [-0.2, -0.15) is 0 Å². The summed E-state index contributed by atoms with van der Waals surface area (Å²) in [4.78, 5) is 24.5. The fraction of sp³-hybridized carbons (Fsp3) is 0.833. The first-order valence-electron chi connectivity index (χ1n) is 6.12. The van der Waals surface area contributed by atoms with E-state index in [1.54, 1.807) is 4.90 Å². The number of hydrogen-bond donors (Lipinski definition) is 1. The number of likely N-dealkylation sites (tertiary alicyclic amines) is 1. The Labute approximate surface area is 113 Å². The predicted molar refractivity (Wildman–Crippen MR) is 69.6 cm³/mol. The van der Waals surface area contributed by atoms with Crippen molar-refractivity contribution in [3.05, 3.63) is 0 Å². The van der Waals surface area contributed by atoms with Crippen molar-refractivity contribution < 1.29 is 14.3 Å². The van der Waals surface area contributed by atoms with Gasteiger partial charge in [0.15, 0.2) is 0 Å². The zero-order valence-corrected chi connectivity index (χ0v) is 11.9. The molecule has 18 heavy (non-hydrogen) atoms. The van der Waals surface area contributed by atoms with Crippen molar-refractivity contribution in [3.63, 3.8) is 0 Å². The van der Waals surface area contributed by atoms with E-state index in [0.717, 1.165) is 6.42 Å². The van der Waals surface area contributed by atoms with Gasteiger partial charge in [-0.05, 0) is 33.1 Å². The lowest BCUT2D eigenvalue weighted by Gasteiger charge is -2.24. The third kappa shape index (κ3) is 5.12. The van der Waals surface area contributed by atoms with Crippen LogP contribution in [0.25, 0.3) is 0 Å². The Kier molecular flexibility index (Phi) is 5.26. The third-order valence-electron chi connectivity index (χ3n) is 2.65. The van der Waals surface area contributed by atoms with Crippen LogP contribution in [0.2, 0.25) is 0 Å². The quantitative estimate of drug-likeness (QED) is 0.797. The lowest BCUT2D eigenvalue weighted by Crippen LogP contribution is -2.36. The summed E-state index contributed by atoms with van der Waals surface area (Å²) in [5, 5.41) is 2.73. The Morgan fingerprint density at radius 3 is 2.67 bits per heavy atom. The van der Waals surface area contributed by atoms with Crippen LogP contribution in [0.5, 0.6) is 0 Å². The normalized spacial score (nSPS) is 19.8. The molecule has 1 aliphatic heterocycles. The van der Waals surface area contributed by atoms with Crippen LogP contribution in [-0.4, -0.2) is 48.0 Å². The smallest absolute Gasteiger partial charge is 0.410 e. The first-order chi connectivity index (χ1) is 8.31. The molecule has 0 bridgehead atoms. The highest BCUT2D eigenvalue weighted by Crippen LogP contribution is 2.18. The number of rotatable bonds is 3. The zero-order chi connectivity index (χ0) is 13.8. The summed E-state index contributed by atoms with van der Waals surface area (Å²) in [5.41, 5.74) is -0.470. The molecule has 0 aromatic carbocycles. The van der Waals surface area contributed by atoms with Gasteiger partial charge in [0.1, 0.15) is 11.5 Å². The second kappa shape index (κ2) is 6.27. The summed E-state index contributed by atoms with van der Waals surface area (Å²) >= 11 is 5.39. The Hall–Kier alpha value is -0.970. The SMILES string of the molecule is CC(C)(C)OC(=O)N1CC[C@@H](CNC(=O)CCl)C1. The maximum atomic E-state index is 11.8. The Balaban J connectivity index is 2.32. The standard InChI is InChI=1S/C12H21ClN2O3/c1-12(2,3)18-11(17)15-5-4-9(8-15)7-14-10(16)6-13/h9H,4-8H2,1-3H3,(H,14,16)/t9-/m0/s1. The van der Waals surface area contributed by atoms with Crippen molar-refractivity contribution in [3.8, 4) is 0 Å². The van der Waals surface area contributed by atoms with Crippen LogP contribution in [-0.2, 0) is 9.53 Å². The highest BCUT2D eigenvalue weighted by atomic mass is 35.5. The molecule has 6 heteroatoms. The van der Waals surface area contributed by atoms with Gasteiger partial charge in [-0.1, -0.05) is 0 Å². The number of carbonyl (C=O) groups is 2. The minimum atomic E-state index is -0.470. The van der Waals surface area contributed by atoms with E-state index in [2.05, 4.69) is 5.32 Å². The van der Waals surface area contributed by atoms with Gasteiger partial charge < -0.3 is 15.0 Å². The van der Waals surface area contributed by atoms with E-state index in [0.29, 0.717) is 19.6 Å². The average Bonchev–Trinajstić information content (AvgIpc) is 2.72. The highest BCUT2D eigenvalue weighted by Gasteiger charge is 2.29. The van der Waals surface area contributed by atoms with Gasteiger partial charge in [0.05, 0.1) is 0 Å². The average molecular weight is 277 g/mol.